The van der Waals surface area contributed by atoms with E-state index in [1.165, 1.54) is 0 Å². The molecule has 7 nitrogen and oxygen atoms in total. The zero-order chi connectivity index (χ0) is 18.4. The summed E-state index contributed by atoms with van der Waals surface area (Å²) < 4.78 is 0. The van der Waals surface area contributed by atoms with E-state index >= 15 is 0 Å². The molecular weight excluding hydrogens is 326 g/mol. The Kier molecular flexibility index (Phi) is 5.62. The van der Waals surface area contributed by atoms with Crippen molar-refractivity contribution in [3.63, 3.8) is 0 Å². The van der Waals surface area contributed by atoms with Crippen LogP contribution in [0.2, 0.25) is 0 Å². The Hall–Kier alpha value is -3.48. The third kappa shape index (κ3) is 5.00. The standard InChI is InChI=1S/C18H15NO6/c20-15(11-4-2-1-3-5-11)6-7-16(21)19-14-9-12(17(22)23)8-13(10-14)18(24)25/h1-5,8-10H,6-7H2,(H,19,21)(H,22,23)(H,24,25). The van der Waals surface area contributed by atoms with Gasteiger partial charge < -0.3 is 15.5 Å². The van der Waals surface area contributed by atoms with E-state index in [4.69, 9.17) is 10.2 Å². The number of nitrogens with one attached hydrogen (secondary N) is 1. The van der Waals surface area contributed by atoms with Crippen LogP contribution in [-0.2, 0) is 4.79 Å². The minimum Gasteiger partial charge on any atom is -0.478 e. The third-order valence-electron chi connectivity index (χ3n) is 3.39. The van der Waals surface area contributed by atoms with Gasteiger partial charge in [-0.1, -0.05) is 30.3 Å². The van der Waals surface area contributed by atoms with Crippen molar-refractivity contribution in [3.05, 3.63) is 65.2 Å². The van der Waals surface area contributed by atoms with Gasteiger partial charge in [0.2, 0.25) is 5.91 Å². The van der Waals surface area contributed by atoms with Gasteiger partial charge in [0.1, 0.15) is 0 Å². The van der Waals surface area contributed by atoms with Gasteiger partial charge in [0.05, 0.1) is 11.1 Å². The smallest absolute Gasteiger partial charge is 0.335 e. The van der Waals surface area contributed by atoms with E-state index in [1.807, 2.05) is 0 Å². The van der Waals surface area contributed by atoms with E-state index in [0.717, 1.165) is 18.2 Å². The molecule has 0 bridgehead atoms. The lowest BCUT2D eigenvalue weighted by atomic mass is 10.1. The van der Waals surface area contributed by atoms with Gasteiger partial charge in [-0.3, -0.25) is 9.59 Å². The Labute approximate surface area is 142 Å². The van der Waals surface area contributed by atoms with Crippen LogP contribution in [0.1, 0.15) is 43.9 Å². The van der Waals surface area contributed by atoms with Crippen LogP contribution >= 0.6 is 0 Å². The lowest BCUT2D eigenvalue weighted by Crippen LogP contribution is -2.15. The molecule has 0 heterocycles. The minimum atomic E-state index is -1.31. The summed E-state index contributed by atoms with van der Waals surface area (Å²) in [6.45, 7) is 0. The normalized spacial score (nSPS) is 10.1. The quantitative estimate of drug-likeness (QED) is 0.666. The number of carbonyl (C=O) groups excluding carboxylic acids is 2. The number of carboxylic acids is 2. The summed E-state index contributed by atoms with van der Waals surface area (Å²) in [5.41, 5.74) is 0.0388. The van der Waals surface area contributed by atoms with Crippen molar-refractivity contribution in [2.24, 2.45) is 0 Å². The van der Waals surface area contributed by atoms with Crippen molar-refractivity contribution in [3.8, 4) is 0 Å². The fraction of sp³-hybridized carbons (Fsp3) is 0.111. The topological polar surface area (TPSA) is 121 Å². The van der Waals surface area contributed by atoms with Crippen molar-refractivity contribution < 1.29 is 29.4 Å². The number of aromatic carboxylic acids is 2. The molecule has 7 heteroatoms. The van der Waals surface area contributed by atoms with Crippen molar-refractivity contribution in [2.45, 2.75) is 12.8 Å². The van der Waals surface area contributed by atoms with Crippen molar-refractivity contribution >= 4 is 29.3 Å². The van der Waals surface area contributed by atoms with Crippen LogP contribution in [0.4, 0.5) is 5.69 Å². The number of carboxylic acid groups (broad SMARTS) is 2. The van der Waals surface area contributed by atoms with Crippen LogP contribution in [0, 0.1) is 0 Å². The molecule has 3 N–H and O–H groups in total. The molecule has 1 amide bonds. The zero-order valence-corrected chi connectivity index (χ0v) is 13.1. The van der Waals surface area contributed by atoms with Crippen LogP contribution in [0.5, 0.6) is 0 Å². The Morgan fingerprint density at radius 2 is 1.32 bits per heavy atom. The Morgan fingerprint density at radius 1 is 0.760 bits per heavy atom. The second-order valence-corrected chi connectivity index (χ2v) is 5.25. The Balaban J connectivity index is 2.04. The van der Waals surface area contributed by atoms with Crippen molar-refractivity contribution in [1.82, 2.24) is 0 Å². The van der Waals surface area contributed by atoms with Gasteiger partial charge in [-0.05, 0) is 18.2 Å². The van der Waals surface area contributed by atoms with Gasteiger partial charge in [-0.2, -0.15) is 0 Å². The van der Waals surface area contributed by atoms with E-state index in [-0.39, 0.29) is 35.4 Å². The summed E-state index contributed by atoms with van der Waals surface area (Å²) in [5, 5.41) is 20.4. The van der Waals surface area contributed by atoms with E-state index < -0.39 is 17.8 Å². The molecule has 0 spiro atoms. The minimum absolute atomic E-state index is 0.0136. The van der Waals surface area contributed by atoms with E-state index in [1.54, 1.807) is 30.3 Å². The van der Waals surface area contributed by atoms with Crippen molar-refractivity contribution in [2.75, 3.05) is 5.32 Å². The number of hydrogen-bond donors (Lipinski definition) is 3. The molecule has 2 aromatic rings. The second-order valence-electron chi connectivity index (χ2n) is 5.25. The highest BCUT2D eigenvalue weighted by molar-refractivity contribution is 6.01. The second kappa shape index (κ2) is 7.87. The van der Waals surface area contributed by atoms with Crippen LogP contribution in [0.25, 0.3) is 0 Å². The highest BCUT2D eigenvalue weighted by Crippen LogP contribution is 2.16. The maximum Gasteiger partial charge on any atom is 0.335 e. The van der Waals surface area contributed by atoms with Gasteiger partial charge in [0.15, 0.2) is 5.78 Å². The largest absolute Gasteiger partial charge is 0.478 e. The number of carbonyl (C=O) groups is 4. The van der Waals surface area contributed by atoms with Gasteiger partial charge in [-0.15, -0.1) is 0 Å². The molecule has 0 aromatic heterocycles. The maximum absolute atomic E-state index is 12.0. The molecule has 2 rings (SSSR count). The predicted molar refractivity (Wildman–Crippen MR) is 89.0 cm³/mol. The summed E-state index contributed by atoms with van der Waals surface area (Å²) in [4.78, 5) is 46.0. The highest BCUT2D eigenvalue weighted by atomic mass is 16.4. The van der Waals surface area contributed by atoms with Crippen LogP contribution in [0.15, 0.2) is 48.5 Å². The molecule has 2 aromatic carbocycles. The lowest BCUT2D eigenvalue weighted by molar-refractivity contribution is -0.116. The average molecular weight is 341 g/mol. The van der Waals surface area contributed by atoms with Crippen LogP contribution < -0.4 is 5.32 Å². The molecule has 0 aliphatic rings. The van der Waals surface area contributed by atoms with Crippen LogP contribution in [-0.4, -0.2) is 33.8 Å². The lowest BCUT2D eigenvalue weighted by Gasteiger charge is -2.08. The first-order valence-corrected chi connectivity index (χ1v) is 7.36. The summed E-state index contributed by atoms with van der Waals surface area (Å²) in [6, 6.07) is 11.8. The number of rotatable bonds is 7. The summed E-state index contributed by atoms with van der Waals surface area (Å²) in [6.07, 6.45) is -0.117. The molecule has 0 unspecified atom stereocenters. The van der Waals surface area contributed by atoms with Gasteiger partial charge in [0, 0.05) is 24.1 Å². The van der Waals surface area contributed by atoms with Crippen molar-refractivity contribution in [1.29, 1.82) is 0 Å². The molecule has 0 radical (unpaired) electrons. The molecule has 0 saturated carbocycles. The first kappa shape index (κ1) is 17.9. The average Bonchev–Trinajstić information content (AvgIpc) is 2.60. The summed E-state index contributed by atoms with van der Waals surface area (Å²) in [5.74, 6) is -3.32. The van der Waals surface area contributed by atoms with Crippen LogP contribution in [0.3, 0.4) is 0 Å². The maximum atomic E-state index is 12.0. The Morgan fingerprint density at radius 3 is 1.84 bits per heavy atom. The number of Topliss-reactive ketones (excluding diaryl/α,β-unsaturated/α-hetero) is 1. The third-order valence-corrected chi connectivity index (χ3v) is 3.39. The van der Waals surface area contributed by atoms with Gasteiger partial charge in [0.25, 0.3) is 0 Å². The fourth-order valence-corrected chi connectivity index (χ4v) is 2.17. The molecule has 0 aliphatic carbocycles. The van der Waals surface area contributed by atoms with E-state index in [0.29, 0.717) is 5.56 Å². The van der Waals surface area contributed by atoms with E-state index in [2.05, 4.69) is 5.32 Å². The molecule has 25 heavy (non-hydrogen) atoms. The molecule has 0 saturated heterocycles. The zero-order valence-electron chi connectivity index (χ0n) is 13.1. The van der Waals surface area contributed by atoms with E-state index in [9.17, 15) is 19.2 Å². The first-order chi connectivity index (χ1) is 11.9. The highest BCUT2D eigenvalue weighted by Gasteiger charge is 2.14. The predicted octanol–water partition coefficient (Wildman–Crippen LogP) is 2.68. The number of ketones is 1. The number of anilines is 1. The Bertz CT molecular complexity index is 796. The molecule has 0 fully saturated rings. The number of benzene rings is 2. The fourth-order valence-electron chi connectivity index (χ4n) is 2.17. The first-order valence-electron chi connectivity index (χ1n) is 7.36. The summed E-state index contributed by atoms with van der Waals surface area (Å²) >= 11 is 0. The molecule has 0 atom stereocenters. The number of amides is 1. The number of hydrogen-bond acceptors (Lipinski definition) is 4. The SMILES string of the molecule is O=C(CCC(=O)c1ccccc1)Nc1cc(C(=O)O)cc(C(=O)O)c1. The molecule has 0 aliphatic heterocycles. The monoisotopic (exact) mass is 341 g/mol. The summed E-state index contributed by atoms with van der Waals surface area (Å²) in [7, 11) is 0. The van der Waals surface area contributed by atoms with Gasteiger partial charge >= 0.3 is 11.9 Å². The van der Waals surface area contributed by atoms with Gasteiger partial charge in [-0.25, -0.2) is 9.59 Å². The molecular formula is C18H15NO6. The molecule has 128 valence electrons.